The van der Waals surface area contributed by atoms with Gasteiger partial charge in [0.05, 0.1) is 24.8 Å². The number of aromatic carboxylic acids is 2. The zero-order chi connectivity index (χ0) is 14.8. The second-order valence-electron chi connectivity index (χ2n) is 3.04. The van der Waals surface area contributed by atoms with E-state index in [4.69, 9.17) is 10.2 Å². The summed E-state index contributed by atoms with van der Waals surface area (Å²) >= 11 is 0. The molecule has 1 aromatic rings. The third-order valence-corrected chi connectivity index (χ3v) is 1.82. The molecule has 0 radical (unpaired) electrons. The van der Waals surface area contributed by atoms with E-state index in [-0.39, 0.29) is 11.1 Å². The van der Waals surface area contributed by atoms with Gasteiger partial charge in [-0.3, -0.25) is 0 Å². The average Bonchev–Trinajstić information content (AvgIpc) is 2.39. The van der Waals surface area contributed by atoms with E-state index in [2.05, 4.69) is 9.47 Å². The molecule has 0 unspecified atom stereocenters. The number of rotatable bonds is 3. The van der Waals surface area contributed by atoms with E-state index >= 15 is 0 Å². The molecule has 0 amide bonds. The molecule has 1 aromatic carbocycles. The van der Waals surface area contributed by atoms with Crippen LogP contribution >= 0.6 is 0 Å². The molecular weight excluding hydrogens is 256 g/mol. The molecule has 0 aliphatic carbocycles. The van der Waals surface area contributed by atoms with Crippen molar-refractivity contribution >= 4 is 18.1 Å². The van der Waals surface area contributed by atoms with Crippen LogP contribution in [-0.2, 0) is 9.47 Å². The third-order valence-electron chi connectivity index (χ3n) is 1.82. The van der Waals surface area contributed by atoms with Crippen LogP contribution in [0.25, 0.3) is 0 Å². The van der Waals surface area contributed by atoms with Crippen molar-refractivity contribution in [1.29, 1.82) is 0 Å². The minimum absolute atomic E-state index is 0.190. The highest BCUT2D eigenvalue weighted by Crippen LogP contribution is 2.07. The minimum Gasteiger partial charge on any atom is -0.478 e. The van der Waals surface area contributed by atoms with Gasteiger partial charge in [0, 0.05) is 0 Å². The fourth-order valence-electron chi connectivity index (χ4n) is 1.03. The van der Waals surface area contributed by atoms with Crippen LogP contribution in [0.3, 0.4) is 0 Å². The maximum absolute atomic E-state index is 10.5. The summed E-state index contributed by atoms with van der Waals surface area (Å²) in [6.45, 7) is 2.09. The van der Waals surface area contributed by atoms with Crippen LogP contribution in [0.15, 0.2) is 24.3 Å². The van der Waals surface area contributed by atoms with Gasteiger partial charge in [0.15, 0.2) is 0 Å². The van der Waals surface area contributed by atoms with E-state index in [0.717, 1.165) is 0 Å². The number of hydrogen-bond donors (Lipinski definition) is 2. The molecule has 0 fully saturated rings. The van der Waals surface area contributed by atoms with E-state index < -0.39 is 18.1 Å². The topological polar surface area (TPSA) is 110 Å². The Morgan fingerprint density at radius 1 is 1.05 bits per heavy atom. The fraction of sp³-hybridized carbons (Fsp3) is 0.250. The molecule has 0 aliphatic rings. The predicted molar refractivity (Wildman–Crippen MR) is 64.4 cm³/mol. The number of hydrogen-bond acceptors (Lipinski definition) is 5. The van der Waals surface area contributed by atoms with Gasteiger partial charge in [0.1, 0.15) is 0 Å². The summed E-state index contributed by atoms with van der Waals surface area (Å²) in [5, 5.41) is 17.1. The highest BCUT2D eigenvalue weighted by atomic mass is 16.7. The van der Waals surface area contributed by atoms with Crippen LogP contribution in [0.5, 0.6) is 0 Å². The minimum atomic E-state index is -1.23. The molecule has 1 rings (SSSR count). The largest absolute Gasteiger partial charge is 0.507 e. The Labute approximate surface area is 109 Å². The summed E-state index contributed by atoms with van der Waals surface area (Å²) in [6.07, 6.45) is -0.623. The predicted octanol–water partition coefficient (Wildman–Crippen LogP) is 1.87. The van der Waals surface area contributed by atoms with Gasteiger partial charge in [-0.25, -0.2) is 14.4 Å². The van der Waals surface area contributed by atoms with Crippen molar-refractivity contribution in [1.82, 2.24) is 0 Å². The highest BCUT2D eigenvalue weighted by Gasteiger charge is 2.13. The number of methoxy groups -OCH3 is 1. The van der Waals surface area contributed by atoms with E-state index in [1.807, 2.05) is 0 Å². The van der Waals surface area contributed by atoms with Gasteiger partial charge >= 0.3 is 18.1 Å². The number of carbonyl (C=O) groups is 3. The van der Waals surface area contributed by atoms with E-state index in [0.29, 0.717) is 6.61 Å². The summed E-state index contributed by atoms with van der Waals surface area (Å²) in [7, 11) is 1.28. The fourth-order valence-corrected chi connectivity index (χ4v) is 1.03. The molecule has 0 atom stereocenters. The highest BCUT2D eigenvalue weighted by molar-refractivity contribution is 6.01. The van der Waals surface area contributed by atoms with Crippen molar-refractivity contribution in [2.45, 2.75) is 6.92 Å². The number of ether oxygens (including phenoxy) is 2. The third kappa shape index (κ3) is 6.06. The first-order valence-corrected chi connectivity index (χ1v) is 5.20. The number of carboxylic acid groups (broad SMARTS) is 2. The molecule has 0 aromatic heterocycles. The summed E-state index contributed by atoms with van der Waals surface area (Å²) in [6, 6.07) is 5.48. The first kappa shape index (κ1) is 16.4. The van der Waals surface area contributed by atoms with Crippen LogP contribution in [0, 0.1) is 0 Å². The average molecular weight is 270 g/mol. The molecule has 2 N–H and O–H groups in total. The number of carboxylic acids is 2. The van der Waals surface area contributed by atoms with Crippen molar-refractivity contribution < 1.29 is 34.1 Å². The molecule has 7 nitrogen and oxygen atoms in total. The monoisotopic (exact) mass is 270 g/mol. The summed E-state index contributed by atoms with van der Waals surface area (Å²) in [4.78, 5) is 30.9. The Morgan fingerprint density at radius 2 is 1.47 bits per heavy atom. The summed E-state index contributed by atoms with van der Waals surface area (Å²) in [5.41, 5.74) is -0.380. The SMILES string of the molecule is CCOC(=O)OC.O=C(O)c1ccccc1C(=O)O. The van der Waals surface area contributed by atoms with Crippen molar-refractivity contribution in [2.75, 3.05) is 13.7 Å². The van der Waals surface area contributed by atoms with Gasteiger partial charge in [0.25, 0.3) is 0 Å². The molecule has 7 heteroatoms. The standard InChI is InChI=1S/C8H6O4.C4H8O3/c9-7(10)5-3-1-2-4-6(5)8(11)12;1-3-7-4(5)6-2/h1-4H,(H,9,10)(H,11,12);3H2,1-2H3. The molecule has 0 saturated heterocycles. The van der Waals surface area contributed by atoms with Gasteiger partial charge < -0.3 is 19.7 Å². The van der Waals surface area contributed by atoms with Crippen LogP contribution in [0.1, 0.15) is 27.6 Å². The first-order valence-electron chi connectivity index (χ1n) is 5.20. The Hall–Kier alpha value is -2.57. The normalized spacial score (nSPS) is 8.74. The van der Waals surface area contributed by atoms with E-state index in [1.165, 1.54) is 31.4 Å². The first-order chi connectivity index (χ1) is 8.93. The lowest BCUT2D eigenvalue weighted by Crippen LogP contribution is -2.06. The molecular formula is C12H14O7. The quantitative estimate of drug-likeness (QED) is 0.806. The van der Waals surface area contributed by atoms with Gasteiger partial charge in [-0.2, -0.15) is 0 Å². The number of benzene rings is 1. The smallest absolute Gasteiger partial charge is 0.478 e. The van der Waals surface area contributed by atoms with Gasteiger partial charge in [-0.15, -0.1) is 0 Å². The lowest BCUT2D eigenvalue weighted by molar-refractivity contribution is 0.0651. The van der Waals surface area contributed by atoms with Gasteiger partial charge in [-0.1, -0.05) is 12.1 Å². The molecule has 0 aliphatic heterocycles. The van der Waals surface area contributed by atoms with Gasteiger partial charge in [-0.05, 0) is 19.1 Å². The Morgan fingerprint density at radius 3 is 1.68 bits per heavy atom. The van der Waals surface area contributed by atoms with Crippen LogP contribution in [-0.4, -0.2) is 42.0 Å². The second kappa shape index (κ2) is 8.51. The van der Waals surface area contributed by atoms with Gasteiger partial charge in [0.2, 0.25) is 0 Å². The molecule has 0 bridgehead atoms. The molecule has 19 heavy (non-hydrogen) atoms. The van der Waals surface area contributed by atoms with Crippen molar-refractivity contribution in [3.05, 3.63) is 35.4 Å². The van der Waals surface area contributed by atoms with Crippen molar-refractivity contribution in [3.63, 3.8) is 0 Å². The number of carbonyl (C=O) groups excluding carboxylic acids is 1. The molecule has 0 heterocycles. The summed E-state index contributed by atoms with van der Waals surface area (Å²) in [5.74, 6) is -2.46. The van der Waals surface area contributed by atoms with Crippen molar-refractivity contribution in [2.24, 2.45) is 0 Å². The zero-order valence-corrected chi connectivity index (χ0v) is 10.5. The van der Waals surface area contributed by atoms with Crippen LogP contribution in [0.2, 0.25) is 0 Å². The van der Waals surface area contributed by atoms with E-state index in [1.54, 1.807) is 6.92 Å². The Balaban J connectivity index is 0.000000399. The summed E-state index contributed by atoms with van der Waals surface area (Å²) < 4.78 is 8.46. The van der Waals surface area contributed by atoms with Crippen molar-refractivity contribution in [3.8, 4) is 0 Å². The molecule has 0 spiro atoms. The molecule has 104 valence electrons. The maximum Gasteiger partial charge on any atom is 0.507 e. The van der Waals surface area contributed by atoms with Crippen LogP contribution in [0.4, 0.5) is 4.79 Å². The Kier molecular flexibility index (Phi) is 7.36. The zero-order valence-electron chi connectivity index (χ0n) is 10.5. The Bertz CT molecular complexity index is 420. The molecule has 0 saturated carbocycles. The second-order valence-corrected chi connectivity index (χ2v) is 3.04. The lowest BCUT2D eigenvalue weighted by atomic mass is 10.1. The van der Waals surface area contributed by atoms with Crippen LogP contribution < -0.4 is 0 Å². The van der Waals surface area contributed by atoms with E-state index in [9.17, 15) is 14.4 Å². The maximum atomic E-state index is 10.5. The lowest BCUT2D eigenvalue weighted by Gasteiger charge is -1.98.